The van der Waals surface area contributed by atoms with Crippen molar-refractivity contribution in [3.05, 3.63) is 18.2 Å². The molecular formula is C16H22N4O3S2. The molecule has 1 aromatic carbocycles. The van der Waals surface area contributed by atoms with Crippen LogP contribution in [0.3, 0.4) is 0 Å². The third-order valence-corrected chi connectivity index (χ3v) is 6.85. The SMILES string of the molecule is CC(C)CCNC(=O)[C@H]1CCCN1S(=O)(=O)c1cccc2nsnc12. The van der Waals surface area contributed by atoms with E-state index in [4.69, 9.17) is 0 Å². The summed E-state index contributed by atoms with van der Waals surface area (Å²) in [5.41, 5.74) is 0.932. The van der Waals surface area contributed by atoms with E-state index in [1.165, 1.54) is 10.4 Å². The van der Waals surface area contributed by atoms with Crippen LogP contribution < -0.4 is 5.32 Å². The van der Waals surface area contributed by atoms with Gasteiger partial charge < -0.3 is 5.32 Å². The van der Waals surface area contributed by atoms with Crippen LogP contribution in [0.4, 0.5) is 0 Å². The molecule has 2 aromatic rings. The van der Waals surface area contributed by atoms with Gasteiger partial charge in [0.05, 0.1) is 11.7 Å². The number of aromatic nitrogens is 2. The Labute approximate surface area is 151 Å². The number of nitrogens with one attached hydrogen (secondary N) is 1. The highest BCUT2D eigenvalue weighted by Crippen LogP contribution is 2.30. The van der Waals surface area contributed by atoms with E-state index in [0.717, 1.165) is 18.1 Å². The molecule has 0 saturated carbocycles. The topological polar surface area (TPSA) is 92.3 Å². The molecule has 0 aliphatic carbocycles. The Morgan fingerprint density at radius 2 is 2.20 bits per heavy atom. The zero-order valence-corrected chi connectivity index (χ0v) is 15.9. The molecule has 3 rings (SSSR count). The van der Waals surface area contributed by atoms with Crippen LogP contribution in [0.25, 0.3) is 11.0 Å². The van der Waals surface area contributed by atoms with Gasteiger partial charge in [-0.25, -0.2) is 8.42 Å². The predicted molar refractivity (Wildman–Crippen MR) is 96.8 cm³/mol. The number of amides is 1. The normalized spacial score (nSPS) is 18.9. The fraction of sp³-hybridized carbons (Fsp3) is 0.562. The van der Waals surface area contributed by atoms with Crippen molar-refractivity contribution in [2.45, 2.75) is 44.0 Å². The Bertz CT molecular complexity index is 863. The molecule has 1 aliphatic heterocycles. The van der Waals surface area contributed by atoms with E-state index < -0.39 is 16.1 Å². The molecule has 25 heavy (non-hydrogen) atoms. The second kappa shape index (κ2) is 7.35. The van der Waals surface area contributed by atoms with E-state index in [1.54, 1.807) is 12.1 Å². The molecule has 7 nitrogen and oxygen atoms in total. The summed E-state index contributed by atoms with van der Waals surface area (Å²) in [6.45, 7) is 5.08. The molecule has 0 bridgehead atoms. The summed E-state index contributed by atoms with van der Waals surface area (Å²) < 4.78 is 35.8. The first-order chi connectivity index (χ1) is 11.9. The second-order valence-corrected chi connectivity index (χ2v) is 9.02. The van der Waals surface area contributed by atoms with Crippen LogP contribution in [0.1, 0.15) is 33.1 Å². The number of fused-ring (bicyclic) bond motifs is 1. The maximum atomic E-state index is 13.1. The number of nitrogens with zero attached hydrogens (tertiary/aromatic N) is 3. The smallest absolute Gasteiger partial charge is 0.246 e. The van der Waals surface area contributed by atoms with Crippen molar-refractivity contribution in [3.8, 4) is 0 Å². The van der Waals surface area contributed by atoms with Crippen molar-refractivity contribution in [2.24, 2.45) is 5.92 Å². The Morgan fingerprint density at radius 1 is 1.40 bits per heavy atom. The lowest BCUT2D eigenvalue weighted by atomic mass is 10.1. The molecule has 1 fully saturated rings. The van der Waals surface area contributed by atoms with Crippen LogP contribution in [0.5, 0.6) is 0 Å². The highest BCUT2D eigenvalue weighted by Gasteiger charge is 2.40. The van der Waals surface area contributed by atoms with Gasteiger partial charge >= 0.3 is 0 Å². The zero-order chi connectivity index (χ0) is 18.0. The van der Waals surface area contributed by atoms with Gasteiger partial charge in [-0.15, -0.1) is 0 Å². The fourth-order valence-corrected chi connectivity index (χ4v) is 5.42. The fourth-order valence-electron chi connectivity index (χ4n) is 3.01. The quantitative estimate of drug-likeness (QED) is 0.825. The van der Waals surface area contributed by atoms with E-state index in [1.807, 2.05) is 0 Å². The second-order valence-electron chi connectivity index (χ2n) is 6.64. The molecule has 9 heteroatoms. The van der Waals surface area contributed by atoms with Crippen LogP contribution in [0, 0.1) is 5.92 Å². The Kier molecular flexibility index (Phi) is 5.35. The molecule has 0 unspecified atom stereocenters. The molecule has 2 heterocycles. The number of benzene rings is 1. The van der Waals surface area contributed by atoms with Crippen molar-refractivity contribution < 1.29 is 13.2 Å². The number of carbonyl (C=O) groups excluding carboxylic acids is 1. The van der Waals surface area contributed by atoms with Gasteiger partial charge in [-0.2, -0.15) is 13.1 Å². The minimum absolute atomic E-state index is 0.126. The maximum absolute atomic E-state index is 13.1. The Morgan fingerprint density at radius 3 is 2.96 bits per heavy atom. The average Bonchev–Trinajstić information content (AvgIpc) is 3.23. The van der Waals surface area contributed by atoms with E-state index in [2.05, 4.69) is 27.9 Å². The summed E-state index contributed by atoms with van der Waals surface area (Å²) >= 11 is 0.984. The molecule has 1 N–H and O–H groups in total. The standard InChI is InChI=1S/C16H22N4O3S2/c1-11(2)8-9-17-16(21)13-6-4-10-20(13)25(22,23)14-7-3-5-12-15(14)19-24-18-12/h3,5,7,11,13H,4,6,8-10H2,1-2H3,(H,17,21)/t13-/m1/s1. The lowest BCUT2D eigenvalue weighted by molar-refractivity contribution is -0.124. The van der Waals surface area contributed by atoms with E-state index in [0.29, 0.717) is 42.9 Å². The minimum atomic E-state index is -3.79. The summed E-state index contributed by atoms with van der Waals surface area (Å²) in [6.07, 6.45) is 2.08. The van der Waals surface area contributed by atoms with Crippen molar-refractivity contribution in [2.75, 3.05) is 13.1 Å². The predicted octanol–water partition coefficient (Wildman–Crippen LogP) is 2.01. The van der Waals surface area contributed by atoms with E-state index in [-0.39, 0.29) is 10.8 Å². The van der Waals surface area contributed by atoms with Gasteiger partial charge in [-0.05, 0) is 37.3 Å². The minimum Gasteiger partial charge on any atom is -0.355 e. The van der Waals surface area contributed by atoms with Crippen LogP contribution >= 0.6 is 11.7 Å². The number of hydrogen-bond donors (Lipinski definition) is 1. The lowest BCUT2D eigenvalue weighted by Crippen LogP contribution is -2.46. The van der Waals surface area contributed by atoms with E-state index in [9.17, 15) is 13.2 Å². The molecule has 136 valence electrons. The monoisotopic (exact) mass is 382 g/mol. The summed E-state index contributed by atoms with van der Waals surface area (Å²) in [5.74, 6) is 0.267. The first-order valence-electron chi connectivity index (χ1n) is 8.42. The maximum Gasteiger partial charge on any atom is 0.246 e. The Hall–Kier alpha value is -1.58. The molecule has 1 aromatic heterocycles. The van der Waals surface area contributed by atoms with Gasteiger partial charge in [0, 0.05) is 13.1 Å². The highest BCUT2D eigenvalue weighted by atomic mass is 32.2. The van der Waals surface area contributed by atoms with Gasteiger partial charge in [0.1, 0.15) is 22.0 Å². The third-order valence-electron chi connectivity index (χ3n) is 4.36. The summed E-state index contributed by atoms with van der Waals surface area (Å²) in [5, 5.41) is 2.87. The zero-order valence-electron chi connectivity index (χ0n) is 14.3. The Balaban J connectivity index is 1.83. The van der Waals surface area contributed by atoms with Gasteiger partial charge in [0.2, 0.25) is 15.9 Å². The summed E-state index contributed by atoms with van der Waals surface area (Å²) in [6, 6.07) is 4.27. The molecular weight excluding hydrogens is 360 g/mol. The van der Waals surface area contributed by atoms with Crippen LogP contribution in [0.15, 0.2) is 23.1 Å². The van der Waals surface area contributed by atoms with E-state index >= 15 is 0 Å². The molecule has 1 amide bonds. The van der Waals surface area contributed by atoms with Crippen molar-refractivity contribution >= 4 is 38.7 Å². The van der Waals surface area contributed by atoms with Crippen LogP contribution in [-0.2, 0) is 14.8 Å². The third kappa shape index (κ3) is 3.68. The lowest BCUT2D eigenvalue weighted by Gasteiger charge is -2.23. The van der Waals surface area contributed by atoms with Gasteiger partial charge in [-0.1, -0.05) is 19.9 Å². The number of hydrogen-bond acceptors (Lipinski definition) is 6. The van der Waals surface area contributed by atoms with Gasteiger partial charge in [0.25, 0.3) is 0 Å². The summed E-state index contributed by atoms with van der Waals surface area (Å²) in [4.78, 5) is 12.6. The van der Waals surface area contributed by atoms with Crippen LogP contribution in [0.2, 0.25) is 0 Å². The largest absolute Gasteiger partial charge is 0.355 e. The van der Waals surface area contributed by atoms with Gasteiger partial charge in [0.15, 0.2) is 0 Å². The molecule has 0 radical (unpaired) electrons. The number of carbonyl (C=O) groups is 1. The molecule has 1 aliphatic rings. The summed E-state index contributed by atoms with van der Waals surface area (Å²) in [7, 11) is -3.79. The number of sulfonamides is 1. The van der Waals surface area contributed by atoms with Crippen molar-refractivity contribution in [3.63, 3.8) is 0 Å². The van der Waals surface area contributed by atoms with Gasteiger partial charge in [-0.3, -0.25) is 4.79 Å². The first kappa shape index (κ1) is 18.2. The first-order valence-corrected chi connectivity index (χ1v) is 10.6. The average molecular weight is 383 g/mol. The molecule has 1 saturated heterocycles. The highest BCUT2D eigenvalue weighted by molar-refractivity contribution is 7.89. The van der Waals surface area contributed by atoms with Crippen molar-refractivity contribution in [1.82, 2.24) is 18.4 Å². The molecule has 0 spiro atoms. The molecule has 1 atom stereocenters. The van der Waals surface area contributed by atoms with Crippen molar-refractivity contribution in [1.29, 1.82) is 0 Å². The number of rotatable bonds is 6. The van der Waals surface area contributed by atoms with Crippen LogP contribution in [-0.4, -0.2) is 46.5 Å².